The van der Waals surface area contributed by atoms with Gasteiger partial charge >= 0.3 is 0 Å². The smallest absolute Gasteiger partial charge is 0.201 e. The molecule has 0 amide bonds. The van der Waals surface area contributed by atoms with Crippen molar-refractivity contribution >= 4 is 17.0 Å². The van der Waals surface area contributed by atoms with Gasteiger partial charge in [0.05, 0.1) is 11.0 Å². The van der Waals surface area contributed by atoms with Gasteiger partial charge in [0.25, 0.3) is 0 Å². The van der Waals surface area contributed by atoms with Gasteiger partial charge in [-0.3, -0.25) is 0 Å². The number of hydrogen-bond donors (Lipinski definition) is 1. The van der Waals surface area contributed by atoms with Crippen LogP contribution in [0.2, 0.25) is 0 Å². The Morgan fingerprint density at radius 3 is 2.84 bits per heavy atom. The van der Waals surface area contributed by atoms with Crippen LogP contribution in [0.25, 0.3) is 11.0 Å². The van der Waals surface area contributed by atoms with Gasteiger partial charge in [0.2, 0.25) is 5.95 Å². The van der Waals surface area contributed by atoms with Gasteiger partial charge in [-0.15, -0.1) is 0 Å². The lowest BCUT2D eigenvalue weighted by Crippen LogP contribution is -2.18. The minimum absolute atomic E-state index is 0.509. The Morgan fingerprint density at radius 2 is 2.00 bits per heavy atom. The first-order chi connectivity index (χ1) is 9.16. The maximum absolute atomic E-state index is 6.20. The van der Waals surface area contributed by atoms with Gasteiger partial charge in [0, 0.05) is 6.04 Å². The van der Waals surface area contributed by atoms with Gasteiger partial charge in [-0.25, -0.2) is 4.98 Å². The highest BCUT2D eigenvalue weighted by Crippen LogP contribution is 2.36. The lowest BCUT2D eigenvalue weighted by molar-refractivity contribution is 0.344. The summed E-state index contributed by atoms with van der Waals surface area (Å²) in [7, 11) is 0. The molecule has 2 aromatic rings. The zero-order valence-electron chi connectivity index (χ0n) is 11.9. The van der Waals surface area contributed by atoms with Gasteiger partial charge < -0.3 is 10.3 Å². The highest BCUT2D eigenvalue weighted by atomic mass is 15.2. The van der Waals surface area contributed by atoms with Crippen LogP contribution in [0.3, 0.4) is 0 Å². The monoisotopic (exact) mass is 257 g/mol. The third kappa shape index (κ3) is 2.22. The fourth-order valence-corrected chi connectivity index (χ4v) is 3.43. The number of rotatable bonds is 1. The van der Waals surface area contributed by atoms with Crippen LogP contribution < -0.4 is 5.73 Å². The number of imidazole rings is 1. The van der Waals surface area contributed by atoms with E-state index in [0.29, 0.717) is 17.9 Å². The number of hydrogen-bond acceptors (Lipinski definition) is 2. The van der Waals surface area contributed by atoms with E-state index in [0.717, 1.165) is 5.52 Å². The summed E-state index contributed by atoms with van der Waals surface area (Å²) in [5.41, 5.74) is 9.70. The summed E-state index contributed by atoms with van der Waals surface area (Å²) in [5.74, 6) is 1.36. The maximum Gasteiger partial charge on any atom is 0.201 e. The van der Waals surface area contributed by atoms with E-state index in [1.54, 1.807) is 0 Å². The van der Waals surface area contributed by atoms with Crippen LogP contribution >= 0.6 is 0 Å². The van der Waals surface area contributed by atoms with E-state index in [2.05, 4.69) is 41.6 Å². The number of fused-ring (bicyclic) bond motifs is 1. The predicted molar refractivity (Wildman–Crippen MR) is 80.2 cm³/mol. The van der Waals surface area contributed by atoms with Gasteiger partial charge in [0.15, 0.2) is 0 Å². The average molecular weight is 257 g/mol. The lowest BCUT2D eigenvalue weighted by Gasteiger charge is -2.24. The summed E-state index contributed by atoms with van der Waals surface area (Å²) >= 11 is 0. The first kappa shape index (κ1) is 12.5. The fraction of sp³-hybridized carbons (Fsp3) is 0.562. The van der Waals surface area contributed by atoms with Gasteiger partial charge in [-0.1, -0.05) is 32.3 Å². The Labute approximate surface area is 114 Å². The second kappa shape index (κ2) is 4.87. The molecule has 1 heterocycles. The molecule has 2 atom stereocenters. The van der Waals surface area contributed by atoms with E-state index in [-0.39, 0.29) is 0 Å². The van der Waals surface area contributed by atoms with Crippen LogP contribution in [0.5, 0.6) is 0 Å². The molecule has 1 fully saturated rings. The number of nitrogen functional groups attached to an aromatic ring is 1. The summed E-state index contributed by atoms with van der Waals surface area (Å²) in [6.07, 6.45) is 6.54. The van der Waals surface area contributed by atoms with Crippen molar-refractivity contribution in [3.05, 3.63) is 23.8 Å². The van der Waals surface area contributed by atoms with Gasteiger partial charge in [-0.05, 0) is 43.4 Å². The van der Waals surface area contributed by atoms with Crippen molar-refractivity contribution in [2.24, 2.45) is 5.92 Å². The molecule has 0 aliphatic heterocycles. The standard InChI is InChI=1S/C16H23N3/c1-11-8-9-13-15(10-11)19(16(17)18-13)14-7-5-3-4-6-12(14)2/h8-10,12,14H,3-7H2,1-2H3,(H2,17,18). The summed E-state index contributed by atoms with van der Waals surface area (Å²) < 4.78 is 2.29. The third-order valence-corrected chi connectivity index (χ3v) is 4.52. The van der Waals surface area contributed by atoms with E-state index in [4.69, 9.17) is 5.73 Å². The summed E-state index contributed by atoms with van der Waals surface area (Å²) in [6, 6.07) is 6.92. The molecule has 0 bridgehead atoms. The van der Waals surface area contributed by atoms with E-state index < -0.39 is 0 Å². The molecule has 2 N–H and O–H groups in total. The molecule has 1 saturated carbocycles. The Hall–Kier alpha value is -1.51. The van der Waals surface area contributed by atoms with Crippen LogP contribution in [0.1, 0.15) is 50.6 Å². The van der Waals surface area contributed by atoms with Crippen molar-refractivity contribution in [2.75, 3.05) is 5.73 Å². The molecular formula is C16H23N3. The molecule has 19 heavy (non-hydrogen) atoms. The number of benzene rings is 1. The number of aromatic nitrogens is 2. The molecular weight excluding hydrogens is 234 g/mol. The molecule has 3 heteroatoms. The summed E-state index contributed by atoms with van der Waals surface area (Å²) in [5, 5.41) is 0. The molecule has 2 unspecified atom stereocenters. The predicted octanol–water partition coefficient (Wildman–Crippen LogP) is 4.07. The molecule has 1 aromatic carbocycles. The lowest BCUT2D eigenvalue weighted by atomic mass is 9.96. The molecule has 0 spiro atoms. The second-order valence-electron chi connectivity index (χ2n) is 6.01. The zero-order chi connectivity index (χ0) is 13.4. The molecule has 1 aliphatic carbocycles. The third-order valence-electron chi connectivity index (χ3n) is 4.52. The molecule has 102 valence electrons. The largest absolute Gasteiger partial charge is 0.369 e. The molecule has 0 saturated heterocycles. The topological polar surface area (TPSA) is 43.8 Å². The van der Waals surface area contributed by atoms with Crippen molar-refractivity contribution in [3.8, 4) is 0 Å². The number of aryl methyl sites for hydroxylation is 1. The second-order valence-corrected chi connectivity index (χ2v) is 6.01. The van der Waals surface area contributed by atoms with Crippen LogP contribution in [0.15, 0.2) is 18.2 Å². The summed E-state index contributed by atoms with van der Waals surface area (Å²) in [6.45, 7) is 4.49. The minimum Gasteiger partial charge on any atom is -0.369 e. The van der Waals surface area contributed by atoms with Gasteiger partial charge in [0.1, 0.15) is 0 Å². The van der Waals surface area contributed by atoms with E-state index in [1.807, 2.05) is 0 Å². The van der Waals surface area contributed by atoms with E-state index in [1.165, 1.54) is 43.2 Å². The highest BCUT2D eigenvalue weighted by Gasteiger charge is 2.24. The summed E-state index contributed by atoms with van der Waals surface area (Å²) in [4.78, 5) is 4.54. The molecule has 1 aromatic heterocycles. The molecule has 0 radical (unpaired) electrons. The first-order valence-corrected chi connectivity index (χ1v) is 7.41. The first-order valence-electron chi connectivity index (χ1n) is 7.41. The number of anilines is 1. The van der Waals surface area contributed by atoms with E-state index in [9.17, 15) is 0 Å². The van der Waals surface area contributed by atoms with Crippen molar-refractivity contribution < 1.29 is 0 Å². The fourth-order valence-electron chi connectivity index (χ4n) is 3.43. The number of nitrogens with two attached hydrogens (primary N) is 1. The SMILES string of the molecule is Cc1ccc2nc(N)n(C3CCCCCC3C)c2c1. The Kier molecular flexibility index (Phi) is 3.21. The van der Waals surface area contributed by atoms with Crippen molar-refractivity contribution in [1.82, 2.24) is 9.55 Å². The normalized spacial score (nSPS) is 24.5. The minimum atomic E-state index is 0.509. The molecule has 1 aliphatic rings. The van der Waals surface area contributed by atoms with Crippen LogP contribution in [0.4, 0.5) is 5.95 Å². The highest BCUT2D eigenvalue weighted by molar-refractivity contribution is 5.79. The molecule has 3 rings (SSSR count). The zero-order valence-corrected chi connectivity index (χ0v) is 11.9. The Bertz CT molecular complexity index is 585. The van der Waals surface area contributed by atoms with Crippen LogP contribution in [-0.2, 0) is 0 Å². The molecule has 3 nitrogen and oxygen atoms in total. The van der Waals surface area contributed by atoms with Crippen LogP contribution in [-0.4, -0.2) is 9.55 Å². The quantitative estimate of drug-likeness (QED) is 0.783. The van der Waals surface area contributed by atoms with Crippen LogP contribution in [0, 0.1) is 12.8 Å². The van der Waals surface area contributed by atoms with Gasteiger partial charge in [-0.2, -0.15) is 0 Å². The van der Waals surface area contributed by atoms with Crippen molar-refractivity contribution in [3.63, 3.8) is 0 Å². The van der Waals surface area contributed by atoms with Crippen molar-refractivity contribution in [2.45, 2.75) is 52.0 Å². The Balaban J connectivity index is 2.12. The maximum atomic E-state index is 6.20. The average Bonchev–Trinajstić information content (AvgIpc) is 2.55. The number of nitrogens with zero attached hydrogens (tertiary/aromatic N) is 2. The Morgan fingerprint density at radius 1 is 1.21 bits per heavy atom. The van der Waals surface area contributed by atoms with Crippen molar-refractivity contribution in [1.29, 1.82) is 0 Å². The van der Waals surface area contributed by atoms with E-state index >= 15 is 0 Å².